The SMILES string of the molecule is COc1ncc([C@H]2CCCN2C(C)=O)cc1C. The Labute approximate surface area is 102 Å². The van der Waals surface area contributed by atoms with Crippen LogP contribution in [0, 0.1) is 6.92 Å². The van der Waals surface area contributed by atoms with Crippen molar-refractivity contribution in [3.63, 3.8) is 0 Å². The van der Waals surface area contributed by atoms with E-state index in [1.807, 2.05) is 18.0 Å². The number of nitrogens with zero attached hydrogens (tertiary/aromatic N) is 2. The third-order valence-electron chi connectivity index (χ3n) is 3.29. The van der Waals surface area contributed by atoms with Gasteiger partial charge < -0.3 is 9.64 Å². The summed E-state index contributed by atoms with van der Waals surface area (Å²) >= 11 is 0. The Morgan fingerprint density at radius 1 is 1.59 bits per heavy atom. The van der Waals surface area contributed by atoms with Crippen molar-refractivity contribution in [1.82, 2.24) is 9.88 Å². The Bertz CT molecular complexity index is 431. The monoisotopic (exact) mass is 234 g/mol. The van der Waals surface area contributed by atoms with Crippen LogP contribution in [-0.4, -0.2) is 29.4 Å². The van der Waals surface area contributed by atoms with Gasteiger partial charge in [0.1, 0.15) is 0 Å². The van der Waals surface area contributed by atoms with Crippen LogP contribution in [0.15, 0.2) is 12.3 Å². The summed E-state index contributed by atoms with van der Waals surface area (Å²) in [6.45, 7) is 4.45. The minimum absolute atomic E-state index is 0.140. The molecule has 0 N–H and O–H groups in total. The summed E-state index contributed by atoms with van der Waals surface area (Å²) < 4.78 is 5.15. The summed E-state index contributed by atoms with van der Waals surface area (Å²) in [6.07, 6.45) is 3.90. The average molecular weight is 234 g/mol. The summed E-state index contributed by atoms with van der Waals surface area (Å²) in [7, 11) is 1.62. The van der Waals surface area contributed by atoms with Crippen LogP contribution in [0.25, 0.3) is 0 Å². The molecule has 1 atom stereocenters. The Morgan fingerprint density at radius 2 is 2.35 bits per heavy atom. The van der Waals surface area contributed by atoms with Gasteiger partial charge in [-0.15, -0.1) is 0 Å². The quantitative estimate of drug-likeness (QED) is 0.786. The fourth-order valence-electron chi connectivity index (χ4n) is 2.47. The first kappa shape index (κ1) is 11.9. The van der Waals surface area contributed by atoms with Gasteiger partial charge in [0.2, 0.25) is 11.8 Å². The molecular weight excluding hydrogens is 216 g/mol. The number of methoxy groups -OCH3 is 1. The van der Waals surface area contributed by atoms with Gasteiger partial charge in [0, 0.05) is 25.2 Å². The Balaban J connectivity index is 2.27. The molecule has 1 aliphatic rings. The van der Waals surface area contributed by atoms with Gasteiger partial charge in [0.15, 0.2) is 0 Å². The molecule has 0 saturated carbocycles. The highest BCUT2D eigenvalue weighted by atomic mass is 16.5. The molecule has 0 aromatic carbocycles. The molecule has 1 aromatic rings. The van der Waals surface area contributed by atoms with E-state index in [4.69, 9.17) is 4.74 Å². The minimum atomic E-state index is 0.140. The molecule has 4 nitrogen and oxygen atoms in total. The molecule has 4 heteroatoms. The third-order valence-corrected chi connectivity index (χ3v) is 3.29. The number of aryl methyl sites for hydroxylation is 1. The van der Waals surface area contributed by atoms with E-state index in [1.165, 1.54) is 0 Å². The lowest BCUT2D eigenvalue weighted by atomic mass is 10.1. The van der Waals surface area contributed by atoms with Crippen molar-refractivity contribution in [3.05, 3.63) is 23.4 Å². The van der Waals surface area contributed by atoms with Gasteiger partial charge in [0.05, 0.1) is 13.2 Å². The molecule has 1 aliphatic heterocycles. The normalized spacial score (nSPS) is 19.5. The van der Waals surface area contributed by atoms with E-state index >= 15 is 0 Å². The largest absolute Gasteiger partial charge is 0.481 e. The first-order chi connectivity index (χ1) is 8.13. The summed E-state index contributed by atoms with van der Waals surface area (Å²) in [6, 6.07) is 2.25. The molecule has 0 unspecified atom stereocenters. The molecule has 1 saturated heterocycles. The van der Waals surface area contributed by atoms with Gasteiger partial charge in [-0.1, -0.05) is 0 Å². The van der Waals surface area contributed by atoms with Crippen LogP contribution in [0.3, 0.4) is 0 Å². The standard InChI is InChI=1S/C13H18N2O2/c1-9-7-11(8-14-13(9)17-3)12-5-4-6-15(12)10(2)16/h7-8,12H,4-6H2,1-3H3/t12-/m1/s1. The van der Waals surface area contributed by atoms with Crippen LogP contribution in [0.1, 0.15) is 36.9 Å². The molecule has 0 aliphatic carbocycles. The molecule has 1 fully saturated rings. The van der Waals surface area contributed by atoms with E-state index in [9.17, 15) is 4.79 Å². The number of carbonyl (C=O) groups is 1. The number of aromatic nitrogens is 1. The van der Waals surface area contributed by atoms with Crippen molar-refractivity contribution >= 4 is 5.91 Å². The van der Waals surface area contributed by atoms with Crippen LogP contribution < -0.4 is 4.74 Å². The van der Waals surface area contributed by atoms with E-state index in [0.29, 0.717) is 5.88 Å². The molecular formula is C13H18N2O2. The zero-order chi connectivity index (χ0) is 12.4. The maximum atomic E-state index is 11.5. The third kappa shape index (κ3) is 2.25. The van der Waals surface area contributed by atoms with Crippen LogP contribution in [-0.2, 0) is 4.79 Å². The fraction of sp³-hybridized carbons (Fsp3) is 0.538. The van der Waals surface area contributed by atoms with Gasteiger partial charge in [0.25, 0.3) is 0 Å². The molecule has 2 rings (SSSR count). The highest BCUT2D eigenvalue weighted by Gasteiger charge is 2.28. The molecule has 1 aromatic heterocycles. The van der Waals surface area contributed by atoms with Gasteiger partial charge >= 0.3 is 0 Å². The number of carbonyl (C=O) groups excluding carboxylic acids is 1. The lowest BCUT2D eigenvalue weighted by Gasteiger charge is -2.23. The zero-order valence-corrected chi connectivity index (χ0v) is 10.6. The highest BCUT2D eigenvalue weighted by molar-refractivity contribution is 5.74. The van der Waals surface area contributed by atoms with E-state index in [-0.39, 0.29) is 11.9 Å². The number of pyridine rings is 1. The Hall–Kier alpha value is -1.58. The van der Waals surface area contributed by atoms with Crippen LogP contribution in [0.5, 0.6) is 5.88 Å². The first-order valence-corrected chi connectivity index (χ1v) is 5.91. The fourth-order valence-corrected chi connectivity index (χ4v) is 2.47. The van der Waals surface area contributed by atoms with Crippen LogP contribution >= 0.6 is 0 Å². The summed E-state index contributed by atoms with van der Waals surface area (Å²) in [5.74, 6) is 0.794. The number of ether oxygens (including phenoxy) is 1. The predicted molar refractivity (Wildman–Crippen MR) is 64.9 cm³/mol. The first-order valence-electron chi connectivity index (χ1n) is 5.91. The van der Waals surface area contributed by atoms with Crippen molar-refractivity contribution in [2.45, 2.75) is 32.7 Å². The van der Waals surface area contributed by atoms with Crippen LogP contribution in [0.2, 0.25) is 0 Å². The minimum Gasteiger partial charge on any atom is -0.481 e. The Morgan fingerprint density at radius 3 is 2.94 bits per heavy atom. The number of amides is 1. The molecule has 0 bridgehead atoms. The summed E-state index contributed by atoms with van der Waals surface area (Å²) in [4.78, 5) is 17.7. The molecule has 1 amide bonds. The molecule has 0 radical (unpaired) electrons. The van der Waals surface area contributed by atoms with E-state index < -0.39 is 0 Å². The second-order valence-corrected chi connectivity index (χ2v) is 4.47. The van der Waals surface area contributed by atoms with Crippen molar-refractivity contribution in [1.29, 1.82) is 0 Å². The molecule has 17 heavy (non-hydrogen) atoms. The maximum Gasteiger partial charge on any atom is 0.219 e. The summed E-state index contributed by atoms with van der Waals surface area (Å²) in [5.41, 5.74) is 2.12. The van der Waals surface area contributed by atoms with Crippen molar-refractivity contribution in [3.8, 4) is 5.88 Å². The number of hydrogen-bond donors (Lipinski definition) is 0. The Kier molecular flexibility index (Phi) is 3.31. The van der Waals surface area contributed by atoms with Crippen molar-refractivity contribution in [2.75, 3.05) is 13.7 Å². The van der Waals surface area contributed by atoms with E-state index in [0.717, 1.165) is 30.5 Å². The van der Waals surface area contributed by atoms with E-state index in [1.54, 1.807) is 14.0 Å². The molecule has 2 heterocycles. The second-order valence-electron chi connectivity index (χ2n) is 4.47. The maximum absolute atomic E-state index is 11.5. The second kappa shape index (κ2) is 4.73. The van der Waals surface area contributed by atoms with Gasteiger partial charge in [-0.25, -0.2) is 4.98 Å². The number of likely N-dealkylation sites (tertiary alicyclic amines) is 1. The highest BCUT2D eigenvalue weighted by Crippen LogP contribution is 2.32. The topological polar surface area (TPSA) is 42.4 Å². The van der Waals surface area contributed by atoms with Gasteiger partial charge in [-0.05, 0) is 31.4 Å². The van der Waals surface area contributed by atoms with Gasteiger partial charge in [-0.3, -0.25) is 4.79 Å². The predicted octanol–water partition coefficient (Wildman–Crippen LogP) is 2.08. The van der Waals surface area contributed by atoms with E-state index in [2.05, 4.69) is 11.1 Å². The zero-order valence-electron chi connectivity index (χ0n) is 10.6. The van der Waals surface area contributed by atoms with Crippen LogP contribution in [0.4, 0.5) is 0 Å². The lowest BCUT2D eigenvalue weighted by molar-refractivity contribution is -0.129. The summed E-state index contributed by atoms with van der Waals surface area (Å²) in [5, 5.41) is 0. The van der Waals surface area contributed by atoms with Crippen molar-refractivity contribution in [2.24, 2.45) is 0 Å². The van der Waals surface area contributed by atoms with Gasteiger partial charge in [-0.2, -0.15) is 0 Å². The molecule has 92 valence electrons. The molecule has 0 spiro atoms. The number of rotatable bonds is 2. The smallest absolute Gasteiger partial charge is 0.219 e. The van der Waals surface area contributed by atoms with Crippen molar-refractivity contribution < 1.29 is 9.53 Å². The number of hydrogen-bond acceptors (Lipinski definition) is 3. The average Bonchev–Trinajstić information content (AvgIpc) is 2.77. The lowest BCUT2D eigenvalue weighted by Crippen LogP contribution is -2.28.